The third-order valence-corrected chi connectivity index (χ3v) is 6.68. The predicted molar refractivity (Wildman–Crippen MR) is 113 cm³/mol. The lowest BCUT2D eigenvalue weighted by atomic mass is 10.1. The molecule has 0 aromatic heterocycles. The number of nitrogens with two attached hydrogens (primary N) is 2. The SMILES string of the molecule is Nc1ccc(CSCC2(CSCc3ccc(N)cc3)NC(=O)NC2=O)cc1. The van der Waals surface area contributed by atoms with E-state index in [0.29, 0.717) is 11.5 Å². The zero-order chi connectivity index (χ0) is 19.3. The van der Waals surface area contributed by atoms with Crippen molar-refractivity contribution in [3.8, 4) is 0 Å². The van der Waals surface area contributed by atoms with Gasteiger partial charge in [-0.25, -0.2) is 4.79 Å². The molecule has 3 rings (SSSR count). The summed E-state index contributed by atoms with van der Waals surface area (Å²) in [6, 6.07) is 14.9. The number of urea groups is 1. The highest BCUT2D eigenvalue weighted by atomic mass is 32.2. The van der Waals surface area contributed by atoms with Gasteiger partial charge < -0.3 is 16.8 Å². The molecule has 0 radical (unpaired) electrons. The number of carbonyl (C=O) groups excluding carboxylic acids is 2. The molecule has 1 aliphatic heterocycles. The van der Waals surface area contributed by atoms with Gasteiger partial charge in [-0.15, -0.1) is 0 Å². The molecule has 3 amide bonds. The van der Waals surface area contributed by atoms with Crippen LogP contribution < -0.4 is 22.1 Å². The fourth-order valence-corrected chi connectivity index (χ4v) is 5.18. The van der Waals surface area contributed by atoms with Gasteiger partial charge in [-0.2, -0.15) is 23.5 Å². The number of imide groups is 1. The second-order valence-electron chi connectivity index (χ2n) is 6.46. The van der Waals surface area contributed by atoms with E-state index in [0.717, 1.165) is 34.0 Å². The second kappa shape index (κ2) is 8.58. The van der Waals surface area contributed by atoms with Crippen LogP contribution in [-0.2, 0) is 16.3 Å². The first-order valence-electron chi connectivity index (χ1n) is 8.45. The zero-order valence-corrected chi connectivity index (χ0v) is 16.4. The number of nitrogens with one attached hydrogen (secondary N) is 2. The number of hydrogen-bond acceptors (Lipinski definition) is 6. The first-order chi connectivity index (χ1) is 13.0. The van der Waals surface area contributed by atoms with E-state index >= 15 is 0 Å². The number of nitrogen functional groups attached to an aromatic ring is 2. The summed E-state index contributed by atoms with van der Waals surface area (Å²) >= 11 is 3.23. The highest BCUT2D eigenvalue weighted by molar-refractivity contribution is 7.99. The molecule has 0 saturated carbocycles. The van der Waals surface area contributed by atoms with Crippen molar-refractivity contribution < 1.29 is 9.59 Å². The summed E-state index contributed by atoms with van der Waals surface area (Å²) in [5.74, 6) is 2.23. The number of rotatable bonds is 8. The van der Waals surface area contributed by atoms with Crippen molar-refractivity contribution in [2.75, 3.05) is 23.0 Å². The van der Waals surface area contributed by atoms with E-state index in [9.17, 15) is 9.59 Å². The van der Waals surface area contributed by atoms with Crippen LogP contribution in [0.4, 0.5) is 16.2 Å². The van der Waals surface area contributed by atoms with Crippen LogP contribution in [0.5, 0.6) is 0 Å². The minimum absolute atomic E-state index is 0.262. The molecule has 2 aromatic rings. The molecule has 0 bridgehead atoms. The molecular formula is C19H22N4O2S2. The zero-order valence-electron chi connectivity index (χ0n) is 14.7. The Hall–Kier alpha value is -2.32. The van der Waals surface area contributed by atoms with Gasteiger partial charge in [0.25, 0.3) is 5.91 Å². The average Bonchev–Trinajstić information content (AvgIpc) is 2.92. The number of carbonyl (C=O) groups is 2. The number of amides is 3. The maximum Gasteiger partial charge on any atom is 0.322 e. The molecule has 1 aliphatic rings. The standard InChI is InChI=1S/C19H22N4O2S2/c20-15-5-1-13(2-6-15)9-26-11-19(17(24)22-18(25)23-19)12-27-10-14-3-7-16(21)8-4-14/h1-8H,9-12,20-21H2,(H2,22,23,24,25). The van der Waals surface area contributed by atoms with Gasteiger partial charge in [0, 0.05) is 34.4 Å². The van der Waals surface area contributed by atoms with Crippen LogP contribution in [0.2, 0.25) is 0 Å². The average molecular weight is 403 g/mol. The van der Waals surface area contributed by atoms with Crippen molar-refractivity contribution in [2.24, 2.45) is 0 Å². The van der Waals surface area contributed by atoms with Gasteiger partial charge in [0.05, 0.1) is 0 Å². The summed E-state index contributed by atoms with van der Waals surface area (Å²) in [7, 11) is 0. The molecule has 0 unspecified atom stereocenters. The molecule has 0 spiro atoms. The Bertz CT molecular complexity index is 758. The van der Waals surface area contributed by atoms with Crippen LogP contribution in [0, 0.1) is 0 Å². The molecule has 8 heteroatoms. The monoisotopic (exact) mass is 402 g/mol. The van der Waals surface area contributed by atoms with Crippen molar-refractivity contribution in [1.82, 2.24) is 10.6 Å². The molecule has 142 valence electrons. The predicted octanol–water partition coefficient (Wildman–Crippen LogP) is 2.60. The van der Waals surface area contributed by atoms with Crippen LogP contribution in [0.15, 0.2) is 48.5 Å². The third-order valence-electron chi connectivity index (χ3n) is 4.21. The molecule has 2 aromatic carbocycles. The van der Waals surface area contributed by atoms with Gasteiger partial charge >= 0.3 is 6.03 Å². The molecule has 1 heterocycles. The van der Waals surface area contributed by atoms with Gasteiger partial charge in [0.15, 0.2) is 0 Å². The summed E-state index contributed by atoms with van der Waals surface area (Å²) in [4.78, 5) is 24.1. The van der Waals surface area contributed by atoms with Crippen molar-refractivity contribution in [1.29, 1.82) is 0 Å². The maximum atomic E-state index is 12.4. The molecule has 0 aliphatic carbocycles. The summed E-state index contributed by atoms with van der Waals surface area (Å²) in [5.41, 5.74) is 14.2. The third kappa shape index (κ3) is 5.11. The number of hydrogen-bond donors (Lipinski definition) is 4. The van der Waals surface area contributed by atoms with Crippen LogP contribution in [-0.4, -0.2) is 29.0 Å². The van der Waals surface area contributed by atoms with Gasteiger partial charge in [-0.05, 0) is 35.4 Å². The summed E-state index contributed by atoms with van der Waals surface area (Å²) in [6.07, 6.45) is 0. The van der Waals surface area contributed by atoms with Crippen molar-refractivity contribution >= 4 is 46.8 Å². The topological polar surface area (TPSA) is 110 Å². The molecule has 1 fully saturated rings. The van der Waals surface area contributed by atoms with E-state index in [1.54, 1.807) is 23.5 Å². The number of benzene rings is 2. The van der Waals surface area contributed by atoms with Gasteiger partial charge in [-0.1, -0.05) is 24.3 Å². The first-order valence-corrected chi connectivity index (χ1v) is 10.8. The molecule has 1 saturated heterocycles. The van der Waals surface area contributed by atoms with Crippen molar-refractivity contribution in [3.63, 3.8) is 0 Å². The van der Waals surface area contributed by atoms with E-state index in [1.807, 2.05) is 48.5 Å². The summed E-state index contributed by atoms with van der Waals surface area (Å²) in [6.45, 7) is 0. The van der Waals surface area contributed by atoms with Gasteiger partial charge in [0.1, 0.15) is 5.54 Å². The molecule has 6 nitrogen and oxygen atoms in total. The fourth-order valence-electron chi connectivity index (χ4n) is 2.69. The highest BCUT2D eigenvalue weighted by Gasteiger charge is 2.45. The normalized spacial score (nSPS) is 15.4. The minimum atomic E-state index is -0.895. The quantitative estimate of drug-likeness (QED) is 0.399. The van der Waals surface area contributed by atoms with Gasteiger partial charge in [-0.3, -0.25) is 10.1 Å². The van der Waals surface area contributed by atoms with Crippen LogP contribution in [0.25, 0.3) is 0 Å². The Kier molecular flexibility index (Phi) is 6.18. The molecule has 0 atom stereocenters. The molecular weight excluding hydrogens is 380 g/mol. The van der Waals surface area contributed by atoms with Crippen molar-refractivity contribution in [2.45, 2.75) is 17.0 Å². The molecule has 6 N–H and O–H groups in total. The van der Waals surface area contributed by atoms with Crippen LogP contribution in [0.3, 0.4) is 0 Å². The van der Waals surface area contributed by atoms with Gasteiger partial charge in [0.2, 0.25) is 0 Å². The van der Waals surface area contributed by atoms with E-state index < -0.39 is 11.6 Å². The minimum Gasteiger partial charge on any atom is -0.399 e. The lowest BCUT2D eigenvalue weighted by molar-refractivity contribution is -0.122. The van der Waals surface area contributed by atoms with E-state index in [-0.39, 0.29) is 5.91 Å². The van der Waals surface area contributed by atoms with Crippen LogP contribution in [0.1, 0.15) is 11.1 Å². The first kappa shape index (κ1) is 19.4. The lowest BCUT2D eigenvalue weighted by Gasteiger charge is -2.25. The maximum absolute atomic E-state index is 12.4. The number of anilines is 2. The Balaban J connectivity index is 1.58. The largest absolute Gasteiger partial charge is 0.399 e. The Morgan fingerprint density at radius 3 is 1.59 bits per heavy atom. The Labute approximate surface area is 166 Å². The smallest absolute Gasteiger partial charge is 0.322 e. The Morgan fingerprint density at radius 2 is 1.22 bits per heavy atom. The van der Waals surface area contributed by atoms with E-state index in [1.165, 1.54) is 0 Å². The van der Waals surface area contributed by atoms with E-state index in [4.69, 9.17) is 11.5 Å². The number of thioether (sulfide) groups is 2. The fraction of sp³-hybridized carbons (Fsp3) is 0.263. The molecule has 27 heavy (non-hydrogen) atoms. The lowest BCUT2D eigenvalue weighted by Crippen LogP contribution is -2.51. The Morgan fingerprint density at radius 1 is 0.778 bits per heavy atom. The summed E-state index contributed by atoms with van der Waals surface area (Å²) < 4.78 is 0. The summed E-state index contributed by atoms with van der Waals surface area (Å²) in [5, 5.41) is 5.20. The van der Waals surface area contributed by atoms with E-state index in [2.05, 4.69) is 10.6 Å². The second-order valence-corrected chi connectivity index (χ2v) is 8.43. The van der Waals surface area contributed by atoms with Crippen LogP contribution >= 0.6 is 23.5 Å². The van der Waals surface area contributed by atoms with Crippen molar-refractivity contribution in [3.05, 3.63) is 59.7 Å². The highest BCUT2D eigenvalue weighted by Crippen LogP contribution is 2.27.